The Morgan fingerprint density at radius 1 is 0.909 bits per heavy atom. The Balaban J connectivity index is 1.45. The van der Waals surface area contributed by atoms with Crippen molar-refractivity contribution in [2.45, 2.75) is 6.42 Å². The predicted molar refractivity (Wildman–Crippen MR) is 123 cm³/mol. The molecule has 7 nitrogen and oxygen atoms in total. The molecule has 1 aromatic heterocycles. The van der Waals surface area contributed by atoms with Gasteiger partial charge in [-0.15, -0.1) is 0 Å². The number of ether oxygens (including phenoxy) is 2. The summed E-state index contributed by atoms with van der Waals surface area (Å²) in [4.78, 5) is 37.2. The van der Waals surface area contributed by atoms with Gasteiger partial charge in [0.05, 0.1) is 12.7 Å². The molecule has 1 amide bonds. The van der Waals surface area contributed by atoms with Crippen molar-refractivity contribution >= 4 is 22.8 Å². The standard InChI is InChI=1S/C26H21NO6/c1-31-20-10-7-18(8-11-20)25(29)32-21-12-9-19-15-22(26(30)33-23(19)16-21)24(28)27-14-13-17-5-3-2-4-6-17/h2-12,15-16H,13-14H2,1H3,(H,27,28). The third-order valence-electron chi connectivity index (χ3n) is 5.03. The molecule has 7 heteroatoms. The van der Waals surface area contributed by atoms with Crippen LogP contribution in [0.3, 0.4) is 0 Å². The molecular formula is C26H21NO6. The van der Waals surface area contributed by atoms with Crippen molar-refractivity contribution in [3.05, 3.63) is 106 Å². The highest BCUT2D eigenvalue weighted by molar-refractivity contribution is 5.97. The lowest BCUT2D eigenvalue weighted by Crippen LogP contribution is -2.29. The van der Waals surface area contributed by atoms with E-state index < -0.39 is 17.5 Å². The first kappa shape index (κ1) is 21.8. The molecule has 33 heavy (non-hydrogen) atoms. The Morgan fingerprint density at radius 3 is 2.36 bits per heavy atom. The van der Waals surface area contributed by atoms with Gasteiger partial charge in [-0.1, -0.05) is 30.3 Å². The Bertz CT molecular complexity index is 1340. The van der Waals surface area contributed by atoms with Crippen LogP contribution in [0, 0.1) is 0 Å². The van der Waals surface area contributed by atoms with Crippen LogP contribution >= 0.6 is 0 Å². The van der Waals surface area contributed by atoms with Crippen LogP contribution in [0.1, 0.15) is 26.3 Å². The molecule has 0 aliphatic rings. The van der Waals surface area contributed by atoms with Gasteiger partial charge >= 0.3 is 11.6 Å². The van der Waals surface area contributed by atoms with Gasteiger partial charge in [-0.3, -0.25) is 4.79 Å². The molecular weight excluding hydrogens is 422 g/mol. The van der Waals surface area contributed by atoms with Gasteiger partial charge in [0.15, 0.2) is 0 Å². The van der Waals surface area contributed by atoms with Crippen LogP contribution in [0.4, 0.5) is 0 Å². The van der Waals surface area contributed by atoms with Crippen LogP contribution < -0.4 is 20.4 Å². The average Bonchev–Trinajstić information content (AvgIpc) is 2.84. The van der Waals surface area contributed by atoms with Gasteiger partial charge in [0.25, 0.3) is 5.91 Å². The van der Waals surface area contributed by atoms with Crippen molar-refractivity contribution in [1.82, 2.24) is 5.32 Å². The number of carbonyl (C=O) groups is 2. The van der Waals surface area contributed by atoms with Crippen LogP contribution in [0.15, 0.2) is 88.1 Å². The second-order valence-electron chi connectivity index (χ2n) is 7.26. The molecule has 166 valence electrons. The molecule has 1 heterocycles. The maximum atomic E-state index is 12.5. The third kappa shape index (κ3) is 5.27. The molecule has 1 N–H and O–H groups in total. The first-order chi connectivity index (χ1) is 16.0. The molecule has 0 aliphatic heterocycles. The van der Waals surface area contributed by atoms with E-state index in [1.165, 1.54) is 19.2 Å². The first-order valence-corrected chi connectivity index (χ1v) is 10.3. The second kappa shape index (κ2) is 9.82. The lowest BCUT2D eigenvalue weighted by Gasteiger charge is -2.07. The molecule has 0 bridgehead atoms. The number of rotatable bonds is 7. The average molecular weight is 443 g/mol. The van der Waals surface area contributed by atoms with Gasteiger partial charge in [0.2, 0.25) is 0 Å². The summed E-state index contributed by atoms with van der Waals surface area (Å²) in [6.07, 6.45) is 0.647. The van der Waals surface area contributed by atoms with Crippen molar-refractivity contribution in [1.29, 1.82) is 0 Å². The quantitative estimate of drug-likeness (QED) is 0.264. The fourth-order valence-corrected chi connectivity index (χ4v) is 3.27. The topological polar surface area (TPSA) is 94.8 Å². The first-order valence-electron chi connectivity index (χ1n) is 10.3. The van der Waals surface area contributed by atoms with Gasteiger partial charge in [0, 0.05) is 18.0 Å². The Morgan fingerprint density at radius 2 is 1.64 bits per heavy atom. The van der Waals surface area contributed by atoms with Crippen LogP contribution in [-0.2, 0) is 6.42 Å². The van der Waals surface area contributed by atoms with Crippen molar-refractivity contribution in [3.63, 3.8) is 0 Å². The summed E-state index contributed by atoms with van der Waals surface area (Å²) < 4.78 is 15.8. The monoisotopic (exact) mass is 443 g/mol. The number of hydrogen-bond donors (Lipinski definition) is 1. The molecule has 0 aliphatic carbocycles. The summed E-state index contributed by atoms with van der Waals surface area (Å²) in [5, 5.41) is 3.27. The maximum absolute atomic E-state index is 12.5. The SMILES string of the molecule is COc1ccc(C(=O)Oc2ccc3cc(C(=O)NCCc4ccccc4)c(=O)oc3c2)cc1. The number of carbonyl (C=O) groups excluding carboxylic acids is 2. The van der Waals surface area contributed by atoms with Crippen molar-refractivity contribution in [3.8, 4) is 11.5 Å². The van der Waals surface area contributed by atoms with E-state index in [1.807, 2.05) is 30.3 Å². The predicted octanol–water partition coefficient (Wildman–Crippen LogP) is 3.99. The number of methoxy groups -OCH3 is 1. The van der Waals surface area contributed by atoms with E-state index in [-0.39, 0.29) is 16.9 Å². The Hall–Kier alpha value is -4.39. The third-order valence-corrected chi connectivity index (χ3v) is 5.03. The Labute approximate surface area is 189 Å². The molecule has 3 aromatic carbocycles. The molecule has 4 aromatic rings. The van der Waals surface area contributed by atoms with Gasteiger partial charge in [-0.25, -0.2) is 9.59 Å². The number of hydrogen-bond acceptors (Lipinski definition) is 6. The van der Waals surface area contributed by atoms with E-state index >= 15 is 0 Å². The summed E-state index contributed by atoms with van der Waals surface area (Å²) in [7, 11) is 1.54. The van der Waals surface area contributed by atoms with E-state index in [2.05, 4.69) is 5.32 Å². The molecule has 4 rings (SSSR count). The highest BCUT2D eigenvalue weighted by Crippen LogP contribution is 2.22. The van der Waals surface area contributed by atoms with Crippen molar-refractivity contribution in [2.24, 2.45) is 0 Å². The highest BCUT2D eigenvalue weighted by atomic mass is 16.5. The fourth-order valence-electron chi connectivity index (χ4n) is 3.27. The van der Waals surface area contributed by atoms with Crippen LogP contribution in [-0.4, -0.2) is 25.5 Å². The van der Waals surface area contributed by atoms with Gasteiger partial charge < -0.3 is 19.2 Å². The molecule has 0 radical (unpaired) electrons. The molecule has 0 spiro atoms. The maximum Gasteiger partial charge on any atom is 0.349 e. The molecule has 0 saturated heterocycles. The van der Waals surface area contributed by atoms with Crippen LogP contribution in [0.2, 0.25) is 0 Å². The zero-order valence-corrected chi connectivity index (χ0v) is 17.9. The van der Waals surface area contributed by atoms with Crippen LogP contribution in [0.5, 0.6) is 11.5 Å². The fraction of sp³-hybridized carbons (Fsp3) is 0.115. The van der Waals surface area contributed by atoms with E-state index in [0.29, 0.717) is 29.7 Å². The van der Waals surface area contributed by atoms with Crippen molar-refractivity contribution in [2.75, 3.05) is 13.7 Å². The van der Waals surface area contributed by atoms with E-state index in [4.69, 9.17) is 13.9 Å². The van der Waals surface area contributed by atoms with Gasteiger partial charge in [-0.05, 0) is 54.4 Å². The van der Waals surface area contributed by atoms with Gasteiger partial charge in [0.1, 0.15) is 22.6 Å². The van der Waals surface area contributed by atoms with E-state index in [9.17, 15) is 14.4 Å². The van der Waals surface area contributed by atoms with Crippen molar-refractivity contribution < 1.29 is 23.5 Å². The largest absolute Gasteiger partial charge is 0.497 e. The Kier molecular flexibility index (Phi) is 6.50. The minimum Gasteiger partial charge on any atom is -0.497 e. The summed E-state index contributed by atoms with van der Waals surface area (Å²) in [6.45, 7) is 0.389. The number of amides is 1. The number of nitrogens with one attached hydrogen (secondary N) is 1. The lowest BCUT2D eigenvalue weighted by atomic mass is 10.1. The van der Waals surface area contributed by atoms with Crippen LogP contribution in [0.25, 0.3) is 11.0 Å². The molecule has 0 atom stereocenters. The highest BCUT2D eigenvalue weighted by Gasteiger charge is 2.15. The number of esters is 1. The minimum absolute atomic E-state index is 0.0847. The molecule has 0 fully saturated rings. The summed E-state index contributed by atoms with van der Waals surface area (Å²) in [5.74, 6) is -0.226. The lowest BCUT2D eigenvalue weighted by molar-refractivity contribution is 0.0734. The summed E-state index contributed by atoms with van der Waals surface area (Å²) in [5.41, 5.74) is 0.790. The minimum atomic E-state index is -0.765. The zero-order chi connectivity index (χ0) is 23.2. The zero-order valence-electron chi connectivity index (χ0n) is 17.9. The smallest absolute Gasteiger partial charge is 0.349 e. The normalized spacial score (nSPS) is 10.6. The van der Waals surface area contributed by atoms with E-state index in [0.717, 1.165) is 5.56 Å². The molecule has 0 saturated carbocycles. The number of fused-ring (bicyclic) bond motifs is 1. The second-order valence-corrected chi connectivity index (χ2v) is 7.26. The van der Waals surface area contributed by atoms with Gasteiger partial charge in [-0.2, -0.15) is 0 Å². The number of benzene rings is 3. The summed E-state index contributed by atoms with van der Waals surface area (Å²) in [6, 6.07) is 22.3. The van der Waals surface area contributed by atoms with E-state index in [1.54, 1.807) is 36.4 Å². The molecule has 0 unspecified atom stereocenters. The summed E-state index contributed by atoms with van der Waals surface area (Å²) >= 11 is 0.